The molecule has 0 spiro atoms. The average molecular weight is 241 g/mol. The second-order valence-corrected chi connectivity index (χ2v) is 3.13. The van der Waals surface area contributed by atoms with Gasteiger partial charge in [0.2, 0.25) is 0 Å². The van der Waals surface area contributed by atoms with E-state index in [1.807, 2.05) is 0 Å². The van der Waals surface area contributed by atoms with E-state index in [4.69, 9.17) is 11.0 Å². The van der Waals surface area contributed by atoms with Gasteiger partial charge in [0.1, 0.15) is 17.6 Å². The third-order valence-corrected chi connectivity index (χ3v) is 2.07. The van der Waals surface area contributed by atoms with Gasteiger partial charge in [-0.25, -0.2) is 13.8 Å². The number of carbonyl (C=O) groups is 1. The van der Waals surface area contributed by atoms with E-state index in [0.717, 1.165) is 13.2 Å². The number of nitriles is 1. The SMILES string of the molecule is COC(=O)Cc1c(C(F)F)cc(N)nc1C#N. The lowest BCUT2D eigenvalue weighted by Gasteiger charge is -2.10. The quantitative estimate of drug-likeness (QED) is 0.803. The van der Waals surface area contributed by atoms with Crippen LogP contribution < -0.4 is 5.73 Å². The van der Waals surface area contributed by atoms with E-state index in [1.54, 1.807) is 6.07 Å². The Balaban J connectivity index is 3.33. The first-order valence-electron chi connectivity index (χ1n) is 4.54. The van der Waals surface area contributed by atoms with Crippen LogP contribution in [0.1, 0.15) is 23.2 Å². The van der Waals surface area contributed by atoms with Gasteiger partial charge in [-0.2, -0.15) is 5.26 Å². The number of ether oxygens (including phenoxy) is 1. The first-order chi connectivity index (χ1) is 7.99. The minimum Gasteiger partial charge on any atom is -0.469 e. The van der Waals surface area contributed by atoms with Crippen molar-refractivity contribution in [2.75, 3.05) is 12.8 Å². The molecule has 7 heteroatoms. The number of nitrogens with zero attached hydrogens (tertiary/aromatic N) is 2. The maximum atomic E-state index is 12.7. The first-order valence-corrected chi connectivity index (χ1v) is 4.54. The number of aromatic nitrogens is 1. The molecule has 0 saturated heterocycles. The normalized spacial score (nSPS) is 10.1. The maximum Gasteiger partial charge on any atom is 0.310 e. The minimum atomic E-state index is -2.84. The van der Waals surface area contributed by atoms with Crippen LogP contribution in [0.15, 0.2) is 6.07 Å². The van der Waals surface area contributed by atoms with E-state index < -0.39 is 24.4 Å². The summed E-state index contributed by atoms with van der Waals surface area (Å²) >= 11 is 0. The largest absolute Gasteiger partial charge is 0.469 e. The van der Waals surface area contributed by atoms with Gasteiger partial charge in [0.15, 0.2) is 0 Å². The molecule has 0 aliphatic carbocycles. The monoisotopic (exact) mass is 241 g/mol. The number of hydrogen-bond donors (Lipinski definition) is 1. The molecule has 0 atom stereocenters. The molecule has 0 bridgehead atoms. The Morgan fingerprint density at radius 2 is 2.35 bits per heavy atom. The smallest absolute Gasteiger partial charge is 0.310 e. The Morgan fingerprint density at radius 1 is 1.71 bits per heavy atom. The number of hydrogen-bond acceptors (Lipinski definition) is 5. The summed E-state index contributed by atoms with van der Waals surface area (Å²) in [6, 6.07) is 2.58. The summed E-state index contributed by atoms with van der Waals surface area (Å²) < 4.78 is 29.8. The van der Waals surface area contributed by atoms with Crippen LogP contribution in [0, 0.1) is 11.3 Å². The zero-order valence-electron chi connectivity index (χ0n) is 8.91. The topological polar surface area (TPSA) is 89.0 Å². The van der Waals surface area contributed by atoms with Crippen molar-refractivity contribution < 1.29 is 18.3 Å². The van der Waals surface area contributed by atoms with E-state index >= 15 is 0 Å². The number of carbonyl (C=O) groups excluding carboxylic acids is 1. The van der Waals surface area contributed by atoms with Crippen molar-refractivity contribution in [1.29, 1.82) is 5.26 Å². The van der Waals surface area contributed by atoms with Crippen molar-refractivity contribution in [1.82, 2.24) is 4.98 Å². The van der Waals surface area contributed by atoms with Crippen LogP contribution in [0.2, 0.25) is 0 Å². The zero-order valence-corrected chi connectivity index (χ0v) is 8.91. The Kier molecular flexibility index (Phi) is 3.93. The summed E-state index contributed by atoms with van der Waals surface area (Å²) in [5.74, 6) is -0.916. The standard InChI is InChI=1S/C10H9F2N3O2/c1-17-9(16)3-5-6(10(11)12)2-8(14)15-7(5)4-13/h2,10H,3H2,1H3,(H2,14,15). The number of rotatable bonds is 3. The van der Waals surface area contributed by atoms with E-state index in [2.05, 4.69) is 9.72 Å². The van der Waals surface area contributed by atoms with Crippen LogP contribution in [0.25, 0.3) is 0 Å². The molecular formula is C10H9F2N3O2. The number of nitrogens with two attached hydrogens (primary N) is 1. The van der Waals surface area contributed by atoms with Crippen LogP contribution in [0.5, 0.6) is 0 Å². The number of pyridine rings is 1. The highest BCUT2D eigenvalue weighted by Gasteiger charge is 2.21. The summed E-state index contributed by atoms with van der Waals surface area (Å²) in [4.78, 5) is 14.7. The van der Waals surface area contributed by atoms with Gasteiger partial charge in [-0.15, -0.1) is 0 Å². The van der Waals surface area contributed by atoms with Crippen LogP contribution in [0.3, 0.4) is 0 Å². The van der Waals surface area contributed by atoms with Crippen LogP contribution in [-0.2, 0) is 16.0 Å². The lowest BCUT2D eigenvalue weighted by molar-refractivity contribution is -0.139. The lowest BCUT2D eigenvalue weighted by atomic mass is 10.0. The molecule has 0 saturated carbocycles. The van der Waals surface area contributed by atoms with Gasteiger partial charge in [-0.3, -0.25) is 4.79 Å². The molecule has 0 amide bonds. The van der Waals surface area contributed by atoms with Gasteiger partial charge in [0.05, 0.1) is 13.5 Å². The summed E-state index contributed by atoms with van der Waals surface area (Å²) in [5.41, 5.74) is 4.38. The van der Waals surface area contributed by atoms with Crippen molar-refractivity contribution >= 4 is 11.8 Å². The van der Waals surface area contributed by atoms with E-state index in [-0.39, 0.29) is 17.1 Å². The Bertz CT molecular complexity index is 483. The number of halogens is 2. The second kappa shape index (κ2) is 5.21. The third-order valence-electron chi connectivity index (χ3n) is 2.07. The van der Waals surface area contributed by atoms with Crippen molar-refractivity contribution in [2.45, 2.75) is 12.8 Å². The number of alkyl halides is 2. The summed E-state index contributed by atoms with van der Waals surface area (Å²) in [7, 11) is 1.13. The fourth-order valence-electron chi connectivity index (χ4n) is 1.30. The molecule has 1 heterocycles. The van der Waals surface area contributed by atoms with E-state index in [9.17, 15) is 13.6 Å². The molecule has 1 rings (SSSR count). The molecule has 0 aromatic carbocycles. The van der Waals surface area contributed by atoms with Gasteiger partial charge >= 0.3 is 5.97 Å². The molecule has 0 fully saturated rings. The molecule has 5 nitrogen and oxygen atoms in total. The maximum absolute atomic E-state index is 12.7. The van der Waals surface area contributed by atoms with E-state index in [0.29, 0.717) is 0 Å². The minimum absolute atomic E-state index is 0.149. The Hall–Kier alpha value is -2.23. The number of nitrogen functional groups attached to an aromatic ring is 1. The first kappa shape index (κ1) is 12.8. The molecule has 0 aliphatic rings. The van der Waals surface area contributed by atoms with Crippen molar-refractivity contribution in [3.8, 4) is 6.07 Å². The third kappa shape index (κ3) is 2.87. The molecule has 90 valence electrons. The highest BCUT2D eigenvalue weighted by molar-refractivity contribution is 5.74. The number of anilines is 1. The molecular weight excluding hydrogens is 232 g/mol. The molecule has 0 aliphatic heterocycles. The van der Waals surface area contributed by atoms with Gasteiger partial charge < -0.3 is 10.5 Å². The lowest BCUT2D eigenvalue weighted by Crippen LogP contribution is -2.11. The second-order valence-electron chi connectivity index (χ2n) is 3.13. The van der Waals surface area contributed by atoms with Gasteiger partial charge in [-0.1, -0.05) is 0 Å². The zero-order chi connectivity index (χ0) is 13.0. The predicted octanol–water partition coefficient (Wildman–Crippen LogP) is 1.19. The van der Waals surface area contributed by atoms with Crippen molar-refractivity contribution in [3.63, 3.8) is 0 Å². The van der Waals surface area contributed by atoms with Gasteiger partial charge in [-0.05, 0) is 6.07 Å². The highest BCUT2D eigenvalue weighted by atomic mass is 19.3. The Morgan fingerprint density at radius 3 is 2.82 bits per heavy atom. The summed E-state index contributed by atoms with van der Waals surface area (Å²) in [5, 5.41) is 8.77. The van der Waals surface area contributed by atoms with Crippen LogP contribution in [-0.4, -0.2) is 18.1 Å². The highest BCUT2D eigenvalue weighted by Crippen LogP contribution is 2.26. The van der Waals surface area contributed by atoms with Crippen LogP contribution in [0.4, 0.5) is 14.6 Å². The molecule has 17 heavy (non-hydrogen) atoms. The molecule has 2 N–H and O–H groups in total. The fraction of sp³-hybridized carbons (Fsp3) is 0.300. The van der Waals surface area contributed by atoms with Gasteiger partial charge in [0, 0.05) is 11.1 Å². The summed E-state index contributed by atoms with van der Waals surface area (Å²) in [6.45, 7) is 0. The van der Waals surface area contributed by atoms with Gasteiger partial charge in [0.25, 0.3) is 6.43 Å². The summed E-state index contributed by atoms with van der Waals surface area (Å²) in [6.07, 6.45) is -3.28. The number of esters is 1. The number of methoxy groups -OCH3 is 1. The predicted molar refractivity (Wildman–Crippen MR) is 54.0 cm³/mol. The van der Waals surface area contributed by atoms with Crippen LogP contribution >= 0.6 is 0 Å². The van der Waals surface area contributed by atoms with Crippen molar-refractivity contribution in [2.24, 2.45) is 0 Å². The molecule has 0 unspecified atom stereocenters. The Labute approximate surface area is 95.8 Å². The molecule has 1 aromatic heterocycles. The molecule has 0 radical (unpaired) electrons. The molecule has 1 aromatic rings. The average Bonchev–Trinajstić information content (AvgIpc) is 2.30. The van der Waals surface area contributed by atoms with E-state index in [1.165, 1.54) is 0 Å². The fourth-order valence-corrected chi connectivity index (χ4v) is 1.30. The van der Waals surface area contributed by atoms with Crippen molar-refractivity contribution in [3.05, 3.63) is 22.9 Å².